The number of aryl methyl sites for hydroxylation is 1. The van der Waals surface area contributed by atoms with E-state index >= 15 is 0 Å². The second kappa shape index (κ2) is 14.9. The van der Waals surface area contributed by atoms with E-state index in [0.717, 1.165) is 21.9 Å². The Bertz CT molecular complexity index is 376. The van der Waals surface area contributed by atoms with E-state index in [2.05, 4.69) is 32.2 Å². The molecular formula is C16H26Cl2NOSiTi. The molecule has 3 atom stereocenters. The zero-order chi connectivity index (χ0) is 14.3. The van der Waals surface area contributed by atoms with Crippen LogP contribution in [0.15, 0.2) is 24.3 Å². The molecule has 0 saturated heterocycles. The molecule has 2 fully saturated rings. The van der Waals surface area contributed by atoms with Crippen molar-refractivity contribution in [2.75, 3.05) is 0 Å². The molecule has 22 heavy (non-hydrogen) atoms. The van der Waals surface area contributed by atoms with Crippen LogP contribution in [0.2, 0.25) is 13.1 Å². The SMILES string of the molecule is C[SiH]C.Cc1cc[cH-]c1.[Cl-].[Cl-].[NH-]C(=O)C1CC2CCC1C2.[Ti+4]. The fraction of sp³-hybridized carbons (Fsp3) is 0.625. The molecule has 3 rings (SSSR count). The first kappa shape index (κ1) is 27.2. The van der Waals surface area contributed by atoms with E-state index < -0.39 is 0 Å². The van der Waals surface area contributed by atoms with Gasteiger partial charge < -0.3 is 35.3 Å². The zero-order valence-electron chi connectivity index (χ0n) is 13.6. The predicted octanol–water partition coefficient (Wildman–Crippen LogP) is -1.76. The van der Waals surface area contributed by atoms with Gasteiger partial charge in [0, 0.05) is 15.4 Å². The van der Waals surface area contributed by atoms with Crippen LogP contribution in [0.5, 0.6) is 0 Å². The van der Waals surface area contributed by atoms with Crippen molar-refractivity contribution >= 4 is 15.4 Å². The van der Waals surface area contributed by atoms with Gasteiger partial charge in [0.2, 0.25) is 0 Å². The van der Waals surface area contributed by atoms with Crippen molar-refractivity contribution in [2.24, 2.45) is 17.8 Å². The zero-order valence-corrected chi connectivity index (χ0v) is 17.8. The molecule has 6 heteroatoms. The Hall–Kier alpha value is 0.331. The van der Waals surface area contributed by atoms with Gasteiger partial charge >= 0.3 is 21.7 Å². The molecule has 2 bridgehead atoms. The largest absolute Gasteiger partial charge is 4.00 e. The van der Waals surface area contributed by atoms with Gasteiger partial charge in [-0.1, -0.05) is 26.4 Å². The Labute approximate surface area is 165 Å². The topological polar surface area (TPSA) is 40.9 Å². The summed E-state index contributed by atoms with van der Waals surface area (Å²) in [6.45, 7) is 6.50. The fourth-order valence-corrected chi connectivity index (χ4v) is 3.04. The van der Waals surface area contributed by atoms with Gasteiger partial charge in [-0.2, -0.15) is 18.2 Å². The number of hydrogen-bond donors (Lipinski definition) is 0. The van der Waals surface area contributed by atoms with Gasteiger partial charge in [0.25, 0.3) is 0 Å². The third-order valence-corrected chi connectivity index (χ3v) is 3.90. The van der Waals surface area contributed by atoms with Gasteiger partial charge in [-0.05, 0) is 31.1 Å². The standard InChI is InChI=1S/C8H13NO.C6H7.C2H7Si.2ClH.Ti/c9-8(10)7-4-5-1-2-6(7)3-5;1-6-4-2-3-5-6;1-3-2;;;/h5-7H,1-4H2,(H2,9,10);2-5H,1H3;3H,1-2H3;2*1H;/q;-1;;;;+4/p-3. The predicted molar refractivity (Wildman–Crippen MR) is 83.9 cm³/mol. The number of hydrogen-bond acceptors (Lipinski definition) is 1. The minimum absolute atomic E-state index is 0. The third-order valence-electron chi connectivity index (χ3n) is 3.90. The number of carbonyl (C=O) groups is 1. The first-order chi connectivity index (χ1) is 9.08. The molecule has 123 valence electrons. The van der Waals surface area contributed by atoms with E-state index in [0.29, 0.717) is 5.92 Å². The van der Waals surface area contributed by atoms with Crippen LogP contribution in [0.25, 0.3) is 5.73 Å². The van der Waals surface area contributed by atoms with Crippen LogP contribution in [0, 0.1) is 24.7 Å². The summed E-state index contributed by atoms with van der Waals surface area (Å²) in [5.41, 5.74) is 8.33. The van der Waals surface area contributed by atoms with Crippen LogP contribution >= 0.6 is 0 Å². The number of nitrogens with one attached hydrogen (secondary N) is 1. The molecule has 2 aliphatic rings. The van der Waals surface area contributed by atoms with Gasteiger partial charge in [0.15, 0.2) is 0 Å². The molecule has 1 aromatic rings. The Balaban J connectivity index is -0.000000265. The third kappa shape index (κ3) is 9.47. The Morgan fingerprint density at radius 3 is 2.05 bits per heavy atom. The van der Waals surface area contributed by atoms with Crippen molar-refractivity contribution in [3.8, 4) is 0 Å². The molecule has 1 aromatic carbocycles. The normalized spacial score (nSPS) is 23.3. The molecule has 0 aromatic heterocycles. The smallest absolute Gasteiger partial charge is 1.00 e. The van der Waals surface area contributed by atoms with Crippen LogP contribution in [0.1, 0.15) is 31.2 Å². The number of fused-ring (bicyclic) bond motifs is 2. The monoisotopic (exact) mass is 394 g/mol. The minimum Gasteiger partial charge on any atom is -1.00 e. The van der Waals surface area contributed by atoms with Crippen molar-refractivity contribution in [3.05, 3.63) is 35.6 Å². The average molecular weight is 395 g/mol. The van der Waals surface area contributed by atoms with Gasteiger partial charge in [-0.15, -0.1) is 0 Å². The van der Waals surface area contributed by atoms with Gasteiger partial charge in [0.1, 0.15) is 0 Å². The molecule has 1 amide bonds. The maximum absolute atomic E-state index is 10.7. The minimum atomic E-state index is -0.313. The van der Waals surface area contributed by atoms with Crippen molar-refractivity contribution in [2.45, 2.75) is 45.7 Å². The van der Waals surface area contributed by atoms with E-state index in [-0.39, 0.29) is 58.4 Å². The van der Waals surface area contributed by atoms with Crippen molar-refractivity contribution in [3.63, 3.8) is 0 Å². The Morgan fingerprint density at radius 1 is 1.27 bits per heavy atom. The molecule has 1 N–H and O–H groups in total. The van der Waals surface area contributed by atoms with Gasteiger partial charge in [-0.25, -0.2) is 11.6 Å². The Kier molecular flexibility index (Phi) is 18.4. The Morgan fingerprint density at radius 2 is 1.86 bits per heavy atom. The number of rotatable bonds is 1. The molecule has 0 heterocycles. The summed E-state index contributed by atoms with van der Waals surface area (Å²) in [5, 5.41) is 0. The fourth-order valence-electron chi connectivity index (χ4n) is 3.04. The first-order valence-corrected chi connectivity index (χ1v) is 9.57. The first-order valence-electron chi connectivity index (χ1n) is 7.26. The number of amides is 1. The summed E-state index contributed by atoms with van der Waals surface area (Å²) in [6, 6.07) is 8.24. The van der Waals surface area contributed by atoms with E-state index in [1.54, 1.807) is 0 Å². The summed E-state index contributed by atoms with van der Waals surface area (Å²) in [4.78, 5) is 10.7. The molecule has 1 radical (unpaired) electrons. The average Bonchev–Trinajstić information content (AvgIpc) is 3.07. The van der Waals surface area contributed by atoms with Crippen molar-refractivity contribution in [1.82, 2.24) is 0 Å². The second-order valence-corrected chi connectivity index (χ2v) is 6.84. The molecule has 2 saturated carbocycles. The number of carbonyl (C=O) groups excluding carboxylic acids is 1. The van der Waals surface area contributed by atoms with Crippen molar-refractivity contribution in [1.29, 1.82) is 0 Å². The van der Waals surface area contributed by atoms with Crippen LogP contribution in [0.4, 0.5) is 0 Å². The van der Waals surface area contributed by atoms with Crippen LogP contribution in [0.3, 0.4) is 0 Å². The van der Waals surface area contributed by atoms with Gasteiger partial charge in [0.05, 0.1) is 5.91 Å². The summed E-state index contributed by atoms with van der Waals surface area (Å²) in [7, 11) is 0.750. The van der Waals surface area contributed by atoms with E-state index in [1.807, 2.05) is 12.1 Å². The maximum atomic E-state index is 10.7. The van der Waals surface area contributed by atoms with Crippen LogP contribution in [-0.2, 0) is 26.5 Å². The van der Waals surface area contributed by atoms with E-state index in [9.17, 15) is 4.79 Å². The quantitative estimate of drug-likeness (QED) is 0.411. The molecule has 2 nitrogen and oxygen atoms in total. The summed E-state index contributed by atoms with van der Waals surface area (Å²) in [5.74, 6) is 1.20. The van der Waals surface area contributed by atoms with Crippen LogP contribution in [-0.4, -0.2) is 15.4 Å². The molecular weight excluding hydrogens is 369 g/mol. The molecule has 2 aliphatic carbocycles. The van der Waals surface area contributed by atoms with Crippen LogP contribution < -0.4 is 24.8 Å². The second-order valence-electron chi connectivity index (χ2n) is 5.69. The molecule has 0 spiro atoms. The summed E-state index contributed by atoms with van der Waals surface area (Å²) in [6.07, 6.45) is 4.77. The van der Waals surface area contributed by atoms with E-state index in [4.69, 9.17) is 5.73 Å². The molecule has 0 aliphatic heterocycles. The summed E-state index contributed by atoms with van der Waals surface area (Å²) >= 11 is 0. The van der Waals surface area contributed by atoms with Gasteiger partial charge in [-0.3, -0.25) is 0 Å². The number of halogens is 2. The van der Waals surface area contributed by atoms with E-state index in [1.165, 1.54) is 24.8 Å². The maximum Gasteiger partial charge on any atom is 4.00 e. The summed E-state index contributed by atoms with van der Waals surface area (Å²) < 4.78 is 0. The molecule has 3 unspecified atom stereocenters. The van der Waals surface area contributed by atoms with Crippen molar-refractivity contribution < 1.29 is 51.3 Å².